The summed E-state index contributed by atoms with van der Waals surface area (Å²) in [4.78, 5) is 11.2. The fourth-order valence-corrected chi connectivity index (χ4v) is 1.83. The molecule has 2 rings (SSSR count). The smallest absolute Gasteiger partial charge is 0.405 e. The Morgan fingerprint density at radius 3 is 2.28 bits per heavy atom. The molecular formula is C12H6ClF3O2. The fourth-order valence-electron chi connectivity index (χ4n) is 1.67. The third-order valence-corrected chi connectivity index (χ3v) is 2.52. The van der Waals surface area contributed by atoms with Crippen molar-refractivity contribution in [2.75, 3.05) is 0 Å². The van der Waals surface area contributed by atoms with Crippen LogP contribution >= 0.6 is 11.6 Å². The van der Waals surface area contributed by atoms with Gasteiger partial charge in [-0.1, -0.05) is 24.3 Å². The minimum absolute atomic E-state index is 0.141. The van der Waals surface area contributed by atoms with Crippen LogP contribution in [0.15, 0.2) is 36.4 Å². The Hall–Kier alpha value is -1.75. The topological polar surface area (TPSA) is 26.3 Å². The fraction of sp³-hybridized carbons (Fsp3) is 0.0833. The zero-order valence-electron chi connectivity index (χ0n) is 8.79. The van der Waals surface area contributed by atoms with Crippen molar-refractivity contribution in [2.45, 2.75) is 6.36 Å². The molecule has 0 aromatic heterocycles. The lowest BCUT2D eigenvalue weighted by Crippen LogP contribution is -2.17. The van der Waals surface area contributed by atoms with Gasteiger partial charge in [0.2, 0.25) is 0 Å². The maximum atomic E-state index is 12.2. The average Bonchev–Trinajstić information content (AvgIpc) is 2.26. The monoisotopic (exact) mass is 274 g/mol. The molecule has 0 unspecified atom stereocenters. The summed E-state index contributed by atoms with van der Waals surface area (Å²) in [5, 5.41) is -0.231. The van der Waals surface area contributed by atoms with E-state index >= 15 is 0 Å². The highest BCUT2D eigenvalue weighted by atomic mass is 35.5. The molecule has 0 amide bonds. The Bertz CT molecular complexity index is 608. The standard InChI is InChI=1S/C12H6ClF3O2/c13-11(17)9-5-1-4-8-7(9)3-2-6-10(8)18-12(14,15)16/h1-6H. The lowest BCUT2D eigenvalue weighted by atomic mass is 10.0. The van der Waals surface area contributed by atoms with E-state index in [1.807, 2.05) is 0 Å². The SMILES string of the molecule is O=C(Cl)c1cccc2c(OC(F)(F)F)cccc12. The summed E-state index contributed by atoms with van der Waals surface area (Å²) >= 11 is 5.37. The van der Waals surface area contributed by atoms with E-state index in [2.05, 4.69) is 4.74 Å². The van der Waals surface area contributed by atoms with Crippen molar-refractivity contribution in [1.29, 1.82) is 0 Å². The number of alkyl halides is 3. The number of halogens is 4. The highest BCUT2D eigenvalue weighted by Gasteiger charge is 2.31. The minimum Gasteiger partial charge on any atom is -0.405 e. The summed E-state index contributed by atoms with van der Waals surface area (Å²) < 4.78 is 40.5. The molecule has 2 aromatic rings. The van der Waals surface area contributed by atoms with Gasteiger partial charge in [-0.25, -0.2) is 0 Å². The Balaban J connectivity index is 2.64. The van der Waals surface area contributed by atoms with Crippen LogP contribution < -0.4 is 4.74 Å². The summed E-state index contributed by atoms with van der Waals surface area (Å²) in [6, 6.07) is 8.37. The van der Waals surface area contributed by atoms with Gasteiger partial charge >= 0.3 is 6.36 Å². The predicted molar refractivity (Wildman–Crippen MR) is 60.8 cm³/mol. The molecule has 94 valence electrons. The van der Waals surface area contributed by atoms with Crippen LogP contribution in [0.3, 0.4) is 0 Å². The number of hydrogen-bond donors (Lipinski definition) is 0. The molecule has 0 bridgehead atoms. The largest absolute Gasteiger partial charge is 0.573 e. The average molecular weight is 275 g/mol. The van der Waals surface area contributed by atoms with Crippen molar-refractivity contribution in [3.8, 4) is 5.75 Å². The van der Waals surface area contributed by atoms with E-state index in [1.165, 1.54) is 36.4 Å². The molecule has 0 saturated carbocycles. The molecule has 2 nitrogen and oxygen atoms in total. The van der Waals surface area contributed by atoms with Gasteiger partial charge in [0, 0.05) is 10.9 Å². The molecule has 2 aromatic carbocycles. The molecule has 0 radical (unpaired) electrons. The van der Waals surface area contributed by atoms with Crippen molar-refractivity contribution in [1.82, 2.24) is 0 Å². The number of carbonyl (C=O) groups excluding carboxylic acids is 1. The van der Waals surface area contributed by atoms with Crippen LogP contribution in [-0.4, -0.2) is 11.6 Å². The summed E-state index contributed by atoms with van der Waals surface area (Å²) in [5.41, 5.74) is 0.141. The number of rotatable bonds is 2. The summed E-state index contributed by atoms with van der Waals surface area (Å²) in [6.07, 6.45) is -4.78. The molecule has 0 heterocycles. The van der Waals surface area contributed by atoms with Gasteiger partial charge in [-0.2, -0.15) is 0 Å². The van der Waals surface area contributed by atoms with Crippen LogP contribution in [0.5, 0.6) is 5.75 Å². The normalized spacial score (nSPS) is 11.6. The highest BCUT2D eigenvalue weighted by molar-refractivity contribution is 6.68. The van der Waals surface area contributed by atoms with Crippen LogP contribution in [0.4, 0.5) is 13.2 Å². The van der Waals surface area contributed by atoms with E-state index in [-0.39, 0.29) is 16.7 Å². The van der Waals surface area contributed by atoms with E-state index in [1.54, 1.807) is 0 Å². The Morgan fingerprint density at radius 1 is 1.06 bits per heavy atom. The van der Waals surface area contributed by atoms with E-state index in [4.69, 9.17) is 11.6 Å². The van der Waals surface area contributed by atoms with Gasteiger partial charge in [-0.05, 0) is 29.1 Å². The molecule has 18 heavy (non-hydrogen) atoms. The van der Waals surface area contributed by atoms with Crippen molar-refractivity contribution in [3.63, 3.8) is 0 Å². The van der Waals surface area contributed by atoms with Crippen molar-refractivity contribution in [2.24, 2.45) is 0 Å². The number of fused-ring (bicyclic) bond motifs is 1. The van der Waals surface area contributed by atoms with Gasteiger partial charge in [0.15, 0.2) is 0 Å². The molecule has 0 aliphatic carbocycles. The first-order valence-corrected chi connectivity index (χ1v) is 5.23. The van der Waals surface area contributed by atoms with E-state index in [0.717, 1.165) is 0 Å². The lowest BCUT2D eigenvalue weighted by Gasteiger charge is -2.12. The Kier molecular flexibility index (Phi) is 3.17. The van der Waals surface area contributed by atoms with E-state index in [0.29, 0.717) is 5.39 Å². The second-order valence-electron chi connectivity index (χ2n) is 3.48. The van der Waals surface area contributed by atoms with E-state index in [9.17, 15) is 18.0 Å². The Morgan fingerprint density at radius 2 is 1.67 bits per heavy atom. The van der Waals surface area contributed by atoms with Crippen LogP contribution in [-0.2, 0) is 0 Å². The number of carbonyl (C=O) groups is 1. The van der Waals surface area contributed by atoms with Gasteiger partial charge in [-0.3, -0.25) is 4.79 Å². The molecule has 0 fully saturated rings. The van der Waals surface area contributed by atoms with Gasteiger partial charge in [0.25, 0.3) is 5.24 Å². The lowest BCUT2D eigenvalue weighted by molar-refractivity contribution is -0.274. The minimum atomic E-state index is -4.78. The van der Waals surface area contributed by atoms with Gasteiger partial charge in [0.1, 0.15) is 5.75 Å². The van der Waals surface area contributed by atoms with Gasteiger partial charge in [0.05, 0.1) is 0 Å². The summed E-state index contributed by atoms with van der Waals surface area (Å²) in [7, 11) is 0. The second kappa shape index (κ2) is 4.49. The quantitative estimate of drug-likeness (QED) is 0.770. The molecule has 6 heteroatoms. The maximum absolute atomic E-state index is 12.2. The van der Waals surface area contributed by atoms with Crippen LogP contribution in [0, 0.1) is 0 Å². The highest BCUT2D eigenvalue weighted by Crippen LogP contribution is 2.32. The van der Waals surface area contributed by atoms with Gasteiger partial charge in [-0.15, -0.1) is 13.2 Å². The summed E-state index contributed by atoms with van der Waals surface area (Å²) in [6.45, 7) is 0. The summed E-state index contributed by atoms with van der Waals surface area (Å²) in [5.74, 6) is -0.361. The van der Waals surface area contributed by atoms with Gasteiger partial charge < -0.3 is 4.74 Å². The molecular weight excluding hydrogens is 269 g/mol. The first kappa shape index (κ1) is 12.7. The Labute approximate surface area is 105 Å². The third-order valence-electron chi connectivity index (χ3n) is 2.32. The molecule has 0 N–H and O–H groups in total. The predicted octanol–water partition coefficient (Wildman–Crippen LogP) is 4.12. The number of benzene rings is 2. The van der Waals surface area contributed by atoms with Crippen molar-refractivity contribution < 1.29 is 22.7 Å². The first-order valence-electron chi connectivity index (χ1n) is 4.86. The maximum Gasteiger partial charge on any atom is 0.573 e. The molecule has 0 aliphatic rings. The van der Waals surface area contributed by atoms with E-state index < -0.39 is 11.6 Å². The number of ether oxygens (including phenoxy) is 1. The van der Waals surface area contributed by atoms with Crippen molar-refractivity contribution >= 4 is 27.6 Å². The number of hydrogen-bond acceptors (Lipinski definition) is 2. The third kappa shape index (κ3) is 2.56. The molecule has 0 atom stereocenters. The first-order chi connectivity index (χ1) is 8.38. The molecule has 0 aliphatic heterocycles. The van der Waals surface area contributed by atoms with Crippen LogP contribution in [0.1, 0.15) is 10.4 Å². The second-order valence-corrected chi connectivity index (χ2v) is 3.82. The molecule has 0 saturated heterocycles. The van der Waals surface area contributed by atoms with Crippen LogP contribution in [0.2, 0.25) is 0 Å². The van der Waals surface area contributed by atoms with Crippen molar-refractivity contribution in [3.05, 3.63) is 42.0 Å². The zero-order valence-corrected chi connectivity index (χ0v) is 9.55. The molecule has 0 spiro atoms. The zero-order chi connectivity index (χ0) is 13.3. The van der Waals surface area contributed by atoms with Crippen LogP contribution in [0.25, 0.3) is 10.8 Å².